The van der Waals surface area contributed by atoms with Gasteiger partial charge in [-0.3, -0.25) is 14.2 Å². The van der Waals surface area contributed by atoms with Crippen molar-refractivity contribution in [1.82, 2.24) is 19.3 Å². The zero-order valence-corrected chi connectivity index (χ0v) is 21.3. The zero-order valence-electron chi connectivity index (χ0n) is 21.3. The highest BCUT2D eigenvalue weighted by molar-refractivity contribution is 6.15. The van der Waals surface area contributed by atoms with Crippen LogP contribution < -0.4 is 5.56 Å². The molecule has 0 aliphatic rings. The van der Waals surface area contributed by atoms with Gasteiger partial charge < -0.3 is 4.98 Å². The van der Waals surface area contributed by atoms with Gasteiger partial charge in [0, 0.05) is 32.8 Å². The minimum absolute atomic E-state index is 0.156. The summed E-state index contributed by atoms with van der Waals surface area (Å²) < 4.78 is 3.03. The number of pyridine rings is 1. The van der Waals surface area contributed by atoms with E-state index < -0.39 is 0 Å². The predicted octanol–water partition coefficient (Wildman–Crippen LogP) is 6.82. The van der Waals surface area contributed by atoms with Gasteiger partial charge in [0.1, 0.15) is 6.54 Å². The second kappa shape index (κ2) is 8.96. The summed E-state index contributed by atoms with van der Waals surface area (Å²) in [5, 5.41) is 7.05. The van der Waals surface area contributed by atoms with Crippen molar-refractivity contribution < 1.29 is 4.79 Å². The Morgan fingerprint density at radius 2 is 1.44 bits per heavy atom. The molecule has 0 spiro atoms. The summed E-state index contributed by atoms with van der Waals surface area (Å²) in [6, 6.07) is 35.1. The van der Waals surface area contributed by atoms with Crippen molar-refractivity contribution in [3.8, 4) is 22.5 Å². The maximum Gasteiger partial charge on any atom is 0.267 e. The molecule has 3 heterocycles. The molecule has 0 saturated carbocycles. The first-order valence-corrected chi connectivity index (χ1v) is 12.9. The summed E-state index contributed by atoms with van der Waals surface area (Å²) in [4.78, 5) is 31.4. The van der Waals surface area contributed by atoms with E-state index in [1.807, 2.05) is 110 Å². The van der Waals surface area contributed by atoms with Crippen molar-refractivity contribution in [2.75, 3.05) is 0 Å². The van der Waals surface area contributed by atoms with Crippen molar-refractivity contribution in [2.24, 2.45) is 0 Å². The zero-order chi connectivity index (χ0) is 26.5. The Balaban J connectivity index is 1.44. The predicted molar refractivity (Wildman–Crippen MR) is 156 cm³/mol. The Bertz CT molecular complexity index is 2080. The molecule has 0 radical (unpaired) electrons. The van der Waals surface area contributed by atoms with Gasteiger partial charge >= 0.3 is 0 Å². The lowest BCUT2D eigenvalue weighted by molar-refractivity contribution is 0.0878. The average molecular weight is 509 g/mol. The van der Waals surface area contributed by atoms with E-state index in [9.17, 15) is 9.59 Å². The van der Waals surface area contributed by atoms with E-state index in [0.29, 0.717) is 16.8 Å². The third kappa shape index (κ3) is 3.77. The molecule has 4 aromatic carbocycles. The Kier molecular flexibility index (Phi) is 5.27. The third-order valence-electron chi connectivity index (χ3n) is 7.25. The number of fused-ring (bicyclic) bond motifs is 5. The normalized spacial score (nSPS) is 11.5. The number of carbonyl (C=O) groups excluding carboxylic acids is 1. The highest BCUT2D eigenvalue weighted by atomic mass is 16.2. The number of rotatable bonds is 4. The van der Waals surface area contributed by atoms with Gasteiger partial charge in [0.15, 0.2) is 0 Å². The van der Waals surface area contributed by atoms with Gasteiger partial charge in [0.05, 0.1) is 22.4 Å². The molecule has 0 bridgehead atoms. The first-order valence-electron chi connectivity index (χ1n) is 12.9. The van der Waals surface area contributed by atoms with Crippen LogP contribution in [-0.2, 0) is 6.54 Å². The molecule has 6 nitrogen and oxygen atoms in total. The number of hydrogen-bond donors (Lipinski definition) is 1. The van der Waals surface area contributed by atoms with Crippen LogP contribution in [0.15, 0.2) is 114 Å². The second-order valence-electron chi connectivity index (χ2n) is 9.79. The van der Waals surface area contributed by atoms with Gasteiger partial charge in [0.25, 0.3) is 11.5 Å². The summed E-state index contributed by atoms with van der Waals surface area (Å²) in [6.45, 7) is 1.87. The molecule has 1 N–H and O–H groups in total. The van der Waals surface area contributed by atoms with Crippen molar-refractivity contribution >= 4 is 38.6 Å². The summed E-state index contributed by atoms with van der Waals surface area (Å²) in [5.41, 5.74) is 6.52. The largest absolute Gasteiger partial charge is 0.353 e. The topological polar surface area (TPSA) is 72.7 Å². The second-order valence-corrected chi connectivity index (χ2v) is 9.79. The van der Waals surface area contributed by atoms with Gasteiger partial charge in [-0.05, 0) is 31.2 Å². The number of hydrogen-bond acceptors (Lipinski definition) is 3. The summed E-state index contributed by atoms with van der Waals surface area (Å²) >= 11 is 0. The van der Waals surface area contributed by atoms with Crippen LogP contribution in [0, 0.1) is 6.92 Å². The van der Waals surface area contributed by atoms with Gasteiger partial charge in [-0.2, -0.15) is 9.78 Å². The Morgan fingerprint density at radius 3 is 2.18 bits per heavy atom. The minimum Gasteiger partial charge on any atom is -0.353 e. The Morgan fingerprint density at radius 1 is 0.769 bits per heavy atom. The standard InChI is InChI=1S/C33H24N4O2/c1-21-16-17-27-26(18-21)32-31(34-27)24-14-8-9-15-25(24)33(39)36(32)20-30(38)37-29(23-12-6-3-7-13-23)19-28(35-37)22-10-4-2-5-11-22/h2-19,34H,20H2,1H3. The molecule has 188 valence electrons. The summed E-state index contributed by atoms with van der Waals surface area (Å²) in [6.07, 6.45) is 0. The lowest BCUT2D eigenvalue weighted by atomic mass is 10.1. The van der Waals surface area contributed by atoms with Crippen LogP contribution in [0.4, 0.5) is 0 Å². The monoisotopic (exact) mass is 508 g/mol. The number of aromatic nitrogens is 4. The molecule has 0 aliphatic heterocycles. The van der Waals surface area contributed by atoms with Crippen LogP contribution in [0.25, 0.3) is 55.2 Å². The van der Waals surface area contributed by atoms with Gasteiger partial charge in [-0.25, -0.2) is 0 Å². The summed E-state index contributed by atoms with van der Waals surface area (Å²) in [7, 11) is 0. The Labute approximate surface area is 223 Å². The number of nitrogens with zero attached hydrogens (tertiary/aromatic N) is 3. The van der Waals surface area contributed by atoms with E-state index in [1.165, 1.54) is 4.68 Å². The van der Waals surface area contributed by atoms with Gasteiger partial charge in [-0.1, -0.05) is 90.5 Å². The van der Waals surface area contributed by atoms with Crippen LogP contribution in [0.2, 0.25) is 0 Å². The fourth-order valence-corrected chi connectivity index (χ4v) is 5.39. The molecule has 0 fully saturated rings. The molecule has 7 rings (SSSR count). The molecule has 0 atom stereocenters. The fraction of sp³-hybridized carbons (Fsp3) is 0.0606. The van der Waals surface area contributed by atoms with E-state index in [2.05, 4.69) is 11.1 Å². The summed E-state index contributed by atoms with van der Waals surface area (Å²) in [5.74, 6) is -0.295. The SMILES string of the molecule is Cc1ccc2[nH]c3c4ccccc4c(=O)n(CC(=O)n4nc(-c5ccccc5)cc4-c4ccccc4)c3c2c1. The third-order valence-corrected chi connectivity index (χ3v) is 7.25. The number of nitrogens with one attached hydrogen (secondary N) is 1. The molecule has 0 amide bonds. The van der Waals surface area contributed by atoms with Crippen molar-refractivity contribution in [1.29, 1.82) is 0 Å². The average Bonchev–Trinajstić information content (AvgIpc) is 3.59. The van der Waals surface area contributed by atoms with Crippen LogP contribution in [0.5, 0.6) is 0 Å². The number of aryl methyl sites for hydroxylation is 1. The highest BCUT2D eigenvalue weighted by Crippen LogP contribution is 2.31. The number of carbonyl (C=O) groups is 1. The number of H-pyrrole nitrogens is 1. The van der Waals surface area contributed by atoms with E-state index in [-0.39, 0.29) is 18.0 Å². The van der Waals surface area contributed by atoms with Crippen LogP contribution in [0.3, 0.4) is 0 Å². The van der Waals surface area contributed by atoms with E-state index in [0.717, 1.165) is 44.0 Å². The lowest BCUT2D eigenvalue weighted by Gasteiger charge is -2.12. The maximum atomic E-state index is 14.0. The lowest BCUT2D eigenvalue weighted by Crippen LogP contribution is -2.28. The first-order chi connectivity index (χ1) is 19.1. The number of benzene rings is 4. The van der Waals surface area contributed by atoms with Crippen LogP contribution in [-0.4, -0.2) is 25.2 Å². The molecule has 0 unspecified atom stereocenters. The fourth-order valence-electron chi connectivity index (χ4n) is 5.39. The molecule has 0 saturated heterocycles. The van der Waals surface area contributed by atoms with E-state index in [1.54, 1.807) is 4.57 Å². The number of aromatic amines is 1. The van der Waals surface area contributed by atoms with Gasteiger partial charge in [0.2, 0.25) is 0 Å². The molecule has 0 aliphatic carbocycles. The maximum absolute atomic E-state index is 14.0. The van der Waals surface area contributed by atoms with Crippen LogP contribution in [0.1, 0.15) is 10.4 Å². The molecule has 39 heavy (non-hydrogen) atoms. The molecule has 6 heteroatoms. The molecule has 7 aromatic rings. The minimum atomic E-state index is -0.295. The molecular weight excluding hydrogens is 484 g/mol. The van der Waals surface area contributed by atoms with Crippen LogP contribution >= 0.6 is 0 Å². The van der Waals surface area contributed by atoms with E-state index in [4.69, 9.17) is 5.10 Å². The highest BCUT2D eigenvalue weighted by Gasteiger charge is 2.21. The smallest absolute Gasteiger partial charge is 0.267 e. The quantitative estimate of drug-likeness (QED) is 0.284. The van der Waals surface area contributed by atoms with Crippen molar-refractivity contribution in [2.45, 2.75) is 13.5 Å². The van der Waals surface area contributed by atoms with Crippen molar-refractivity contribution in [3.63, 3.8) is 0 Å². The molecular formula is C33H24N4O2. The van der Waals surface area contributed by atoms with Gasteiger partial charge in [-0.15, -0.1) is 0 Å². The van der Waals surface area contributed by atoms with E-state index >= 15 is 0 Å². The molecule has 3 aromatic heterocycles. The van der Waals surface area contributed by atoms with Crippen molar-refractivity contribution in [3.05, 3.63) is 125 Å². The first kappa shape index (κ1) is 22.9. The Hall–Kier alpha value is -5.23.